The number of rotatable bonds is 7. The molecule has 1 aliphatic rings. The molecule has 3 aromatic rings. The number of anilines is 1. The Morgan fingerprint density at radius 1 is 0.938 bits per heavy atom. The monoisotopic (exact) mass is 455 g/mol. The van der Waals surface area contributed by atoms with Crippen molar-refractivity contribution in [1.29, 1.82) is 0 Å². The Kier molecular flexibility index (Phi) is 6.57. The van der Waals surface area contributed by atoms with Gasteiger partial charge in [0.25, 0.3) is 0 Å². The molecule has 0 aliphatic carbocycles. The second kappa shape index (κ2) is 9.54. The van der Waals surface area contributed by atoms with Gasteiger partial charge in [-0.25, -0.2) is 18.4 Å². The number of hydrogen-bond donors (Lipinski definition) is 0. The van der Waals surface area contributed by atoms with E-state index in [0.29, 0.717) is 60.7 Å². The first-order valence-corrected chi connectivity index (χ1v) is 11.9. The molecular formula is C23H25N3O5S. The summed E-state index contributed by atoms with van der Waals surface area (Å²) in [6.45, 7) is 2.53. The predicted molar refractivity (Wildman–Crippen MR) is 121 cm³/mol. The molecule has 168 valence electrons. The molecule has 2 heterocycles. The molecule has 0 saturated carbocycles. The van der Waals surface area contributed by atoms with E-state index in [4.69, 9.17) is 19.2 Å². The van der Waals surface area contributed by atoms with Gasteiger partial charge < -0.3 is 19.1 Å². The molecule has 1 fully saturated rings. The lowest BCUT2D eigenvalue weighted by Gasteiger charge is -2.28. The van der Waals surface area contributed by atoms with Crippen LogP contribution in [0.25, 0.3) is 11.4 Å². The first-order chi connectivity index (χ1) is 15.5. The predicted octanol–water partition coefficient (Wildman–Crippen LogP) is 2.97. The van der Waals surface area contributed by atoms with Crippen molar-refractivity contribution >= 4 is 15.7 Å². The highest BCUT2D eigenvalue weighted by atomic mass is 32.2. The maximum atomic E-state index is 13.0. The molecule has 1 aliphatic heterocycles. The van der Waals surface area contributed by atoms with Crippen LogP contribution in [0.1, 0.15) is 5.69 Å². The van der Waals surface area contributed by atoms with E-state index in [1.807, 2.05) is 6.07 Å². The zero-order valence-corrected chi connectivity index (χ0v) is 18.8. The van der Waals surface area contributed by atoms with E-state index in [2.05, 4.69) is 9.88 Å². The van der Waals surface area contributed by atoms with E-state index in [0.717, 1.165) is 0 Å². The molecule has 2 aromatic carbocycles. The van der Waals surface area contributed by atoms with Crippen molar-refractivity contribution in [2.45, 2.75) is 10.6 Å². The molecule has 1 aromatic heterocycles. The molecule has 0 radical (unpaired) electrons. The van der Waals surface area contributed by atoms with Crippen molar-refractivity contribution in [3.63, 3.8) is 0 Å². The lowest BCUT2D eigenvalue weighted by molar-refractivity contribution is 0.122. The van der Waals surface area contributed by atoms with Gasteiger partial charge >= 0.3 is 0 Å². The molecule has 32 heavy (non-hydrogen) atoms. The Labute approximate surface area is 187 Å². The first-order valence-electron chi connectivity index (χ1n) is 10.2. The summed E-state index contributed by atoms with van der Waals surface area (Å²) in [6.07, 6.45) is 0. The fourth-order valence-corrected chi connectivity index (χ4v) is 4.80. The average molecular weight is 456 g/mol. The Morgan fingerprint density at radius 3 is 2.34 bits per heavy atom. The standard InChI is InChI=1S/C23H25N3O5S/c1-29-20-9-8-17(14-21(20)30-2)23-24-18(15-22(25-23)26-10-12-31-13-11-26)16-32(27,28)19-6-4-3-5-7-19/h3-9,14-15H,10-13,16H2,1-2H3. The zero-order valence-electron chi connectivity index (χ0n) is 18.0. The van der Waals surface area contributed by atoms with Gasteiger partial charge in [-0.15, -0.1) is 0 Å². The number of benzene rings is 2. The Morgan fingerprint density at radius 2 is 1.66 bits per heavy atom. The second-order valence-electron chi connectivity index (χ2n) is 7.28. The van der Waals surface area contributed by atoms with Gasteiger partial charge in [-0.3, -0.25) is 0 Å². The minimum Gasteiger partial charge on any atom is -0.493 e. The van der Waals surface area contributed by atoms with Crippen LogP contribution < -0.4 is 14.4 Å². The summed E-state index contributed by atoms with van der Waals surface area (Å²) in [5, 5.41) is 0. The topological polar surface area (TPSA) is 90.9 Å². The van der Waals surface area contributed by atoms with Crippen LogP contribution in [0.15, 0.2) is 59.5 Å². The quantitative estimate of drug-likeness (QED) is 0.537. The van der Waals surface area contributed by atoms with Crippen molar-refractivity contribution < 1.29 is 22.6 Å². The van der Waals surface area contributed by atoms with Crippen LogP contribution in [-0.2, 0) is 20.3 Å². The van der Waals surface area contributed by atoms with E-state index < -0.39 is 9.84 Å². The summed E-state index contributed by atoms with van der Waals surface area (Å²) in [7, 11) is -0.432. The third-order valence-corrected chi connectivity index (χ3v) is 6.85. The van der Waals surface area contributed by atoms with E-state index in [9.17, 15) is 8.42 Å². The van der Waals surface area contributed by atoms with Gasteiger partial charge in [0.15, 0.2) is 27.2 Å². The lowest BCUT2D eigenvalue weighted by atomic mass is 10.2. The molecule has 9 heteroatoms. The van der Waals surface area contributed by atoms with E-state index >= 15 is 0 Å². The highest BCUT2D eigenvalue weighted by Gasteiger charge is 2.21. The highest BCUT2D eigenvalue weighted by Crippen LogP contribution is 2.32. The summed E-state index contributed by atoms with van der Waals surface area (Å²) in [5.74, 6) is 2.01. The molecule has 0 bridgehead atoms. The van der Waals surface area contributed by atoms with Crippen LogP contribution in [0.2, 0.25) is 0 Å². The average Bonchev–Trinajstić information content (AvgIpc) is 2.84. The van der Waals surface area contributed by atoms with Gasteiger partial charge in [0, 0.05) is 24.7 Å². The number of sulfone groups is 1. The first kappa shape index (κ1) is 22.0. The fourth-order valence-electron chi connectivity index (χ4n) is 3.52. The molecule has 0 amide bonds. The Balaban J connectivity index is 1.76. The van der Waals surface area contributed by atoms with Gasteiger partial charge in [-0.05, 0) is 30.3 Å². The van der Waals surface area contributed by atoms with Crippen molar-refractivity contribution in [2.24, 2.45) is 0 Å². The largest absolute Gasteiger partial charge is 0.493 e. The maximum Gasteiger partial charge on any atom is 0.184 e. The van der Waals surface area contributed by atoms with Gasteiger partial charge in [-0.2, -0.15) is 0 Å². The smallest absolute Gasteiger partial charge is 0.184 e. The third-order valence-electron chi connectivity index (χ3n) is 5.18. The molecular weight excluding hydrogens is 430 g/mol. The summed E-state index contributed by atoms with van der Waals surface area (Å²) < 4.78 is 42.2. The van der Waals surface area contributed by atoms with Crippen molar-refractivity contribution in [2.75, 3.05) is 45.4 Å². The summed E-state index contributed by atoms with van der Waals surface area (Å²) in [5.41, 5.74) is 1.13. The second-order valence-corrected chi connectivity index (χ2v) is 9.27. The summed E-state index contributed by atoms with van der Waals surface area (Å²) in [4.78, 5) is 11.7. The molecule has 0 N–H and O–H groups in total. The SMILES string of the molecule is COc1ccc(-c2nc(CS(=O)(=O)c3ccccc3)cc(N3CCOCC3)n2)cc1OC. The van der Waals surface area contributed by atoms with Crippen LogP contribution in [0, 0.1) is 0 Å². The number of morpholine rings is 1. The van der Waals surface area contributed by atoms with E-state index in [1.54, 1.807) is 62.8 Å². The third kappa shape index (κ3) is 4.84. The lowest BCUT2D eigenvalue weighted by Crippen LogP contribution is -2.37. The van der Waals surface area contributed by atoms with Crippen LogP contribution in [0.4, 0.5) is 5.82 Å². The number of nitrogens with zero attached hydrogens (tertiary/aromatic N) is 3. The van der Waals surface area contributed by atoms with Gasteiger partial charge in [-0.1, -0.05) is 18.2 Å². The van der Waals surface area contributed by atoms with Gasteiger partial charge in [0.1, 0.15) is 5.82 Å². The summed E-state index contributed by atoms with van der Waals surface area (Å²) >= 11 is 0. The summed E-state index contributed by atoms with van der Waals surface area (Å²) in [6, 6.07) is 15.5. The number of ether oxygens (including phenoxy) is 3. The number of methoxy groups -OCH3 is 2. The number of hydrogen-bond acceptors (Lipinski definition) is 8. The molecule has 4 rings (SSSR count). The molecule has 0 unspecified atom stereocenters. The van der Waals surface area contributed by atoms with Crippen molar-refractivity contribution in [3.8, 4) is 22.9 Å². The van der Waals surface area contributed by atoms with Crippen LogP contribution in [0.3, 0.4) is 0 Å². The fraction of sp³-hybridized carbons (Fsp3) is 0.304. The molecule has 8 nitrogen and oxygen atoms in total. The zero-order chi connectivity index (χ0) is 22.6. The Hall–Kier alpha value is -3.17. The van der Waals surface area contributed by atoms with Crippen LogP contribution in [-0.4, -0.2) is 58.9 Å². The molecule has 0 spiro atoms. The van der Waals surface area contributed by atoms with E-state index in [1.165, 1.54) is 0 Å². The minimum atomic E-state index is -3.56. The van der Waals surface area contributed by atoms with Crippen molar-refractivity contribution in [1.82, 2.24) is 9.97 Å². The normalized spacial score (nSPS) is 14.2. The maximum absolute atomic E-state index is 13.0. The Bertz CT molecular complexity index is 1180. The van der Waals surface area contributed by atoms with Gasteiger partial charge in [0.2, 0.25) is 0 Å². The van der Waals surface area contributed by atoms with Crippen LogP contribution >= 0.6 is 0 Å². The highest BCUT2D eigenvalue weighted by molar-refractivity contribution is 7.90. The minimum absolute atomic E-state index is 0.225. The molecule has 1 saturated heterocycles. The number of aromatic nitrogens is 2. The van der Waals surface area contributed by atoms with Gasteiger partial charge in [0.05, 0.1) is 43.8 Å². The van der Waals surface area contributed by atoms with Crippen molar-refractivity contribution in [3.05, 3.63) is 60.3 Å². The van der Waals surface area contributed by atoms with Crippen LogP contribution in [0.5, 0.6) is 11.5 Å². The van der Waals surface area contributed by atoms with E-state index in [-0.39, 0.29) is 10.6 Å². The molecule has 0 atom stereocenters.